The van der Waals surface area contributed by atoms with Crippen LogP contribution in [-0.2, 0) is 10.3 Å². The van der Waals surface area contributed by atoms with Gasteiger partial charge in [-0.25, -0.2) is 9.59 Å². The van der Waals surface area contributed by atoms with Crippen LogP contribution in [0.2, 0.25) is 0 Å². The normalized spacial score (nSPS) is 24.8. The Morgan fingerprint density at radius 3 is 2.53 bits per heavy atom. The molecule has 1 saturated carbocycles. The number of aromatic carboxylic acids is 1. The summed E-state index contributed by atoms with van der Waals surface area (Å²) in [6, 6.07) is 9.09. The molecule has 5 rings (SSSR count). The van der Waals surface area contributed by atoms with Crippen molar-refractivity contribution >= 4 is 16.9 Å². The van der Waals surface area contributed by atoms with Gasteiger partial charge in [0.25, 0.3) is 0 Å². The van der Waals surface area contributed by atoms with Gasteiger partial charge in [0.15, 0.2) is 5.82 Å². The van der Waals surface area contributed by atoms with Crippen molar-refractivity contribution in [3.8, 4) is 0 Å². The van der Waals surface area contributed by atoms with Crippen molar-refractivity contribution in [3.05, 3.63) is 52.4 Å². The summed E-state index contributed by atoms with van der Waals surface area (Å²) in [5.41, 5.74) is 0.476. The molecule has 3 heterocycles. The molecule has 2 N–H and O–H groups in total. The van der Waals surface area contributed by atoms with E-state index in [1.807, 2.05) is 31.2 Å². The van der Waals surface area contributed by atoms with Gasteiger partial charge in [0.1, 0.15) is 11.2 Å². The van der Waals surface area contributed by atoms with Gasteiger partial charge in [-0.2, -0.15) is 0 Å². The van der Waals surface area contributed by atoms with Crippen molar-refractivity contribution in [2.45, 2.75) is 57.6 Å². The lowest BCUT2D eigenvalue weighted by atomic mass is 9.99. The first kappa shape index (κ1) is 20.4. The summed E-state index contributed by atoms with van der Waals surface area (Å²) in [6.45, 7) is 7.28. The molecule has 0 spiro atoms. The molecule has 0 radical (unpaired) electrons. The van der Waals surface area contributed by atoms with E-state index in [-0.39, 0.29) is 17.2 Å². The third kappa shape index (κ3) is 3.56. The molecule has 2 atom stereocenters. The Hall–Kier alpha value is -2.87. The smallest absolute Gasteiger partial charge is 0.438 e. The van der Waals surface area contributed by atoms with Crippen LogP contribution in [0.25, 0.3) is 10.9 Å². The minimum Gasteiger partial charge on any atom is -0.477 e. The minimum atomic E-state index is -1.01. The van der Waals surface area contributed by atoms with Gasteiger partial charge < -0.3 is 14.4 Å². The first-order chi connectivity index (χ1) is 14.2. The van der Waals surface area contributed by atoms with E-state index in [0.29, 0.717) is 12.2 Å². The number of hydrogen-bond donors (Lipinski definition) is 2. The maximum absolute atomic E-state index is 11.7. The largest absolute Gasteiger partial charge is 0.477 e. The van der Waals surface area contributed by atoms with E-state index in [1.165, 1.54) is 19.3 Å². The van der Waals surface area contributed by atoms with Crippen LogP contribution >= 0.6 is 0 Å². The van der Waals surface area contributed by atoms with E-state index in [2.05, 4.69) is 28.5 Å². The van der Waals surface area contributed by atoms with Gasteiger partial charge in [0.2, 0.25) is 0 Å². The van der Waals surface area contributed by atoms with Crippen molar-refractivity contribution < 1.29 is 19.2 Å². The fourth-order valence-electron chi connectivity index (χ4n) is 4.39. The molecule has 160 valence electrons. The van der Waals surface area contributed by atoms with E-state index in [9.17, 15) is 14.7 Å². The number of carbonyl (C=O) groups is 1. The van der Waals surface area contributed by atoms with Gasteiger partial charge in [0.05, 0.1) is 5.60 Å². The lowest BCUT2D eigenvalue weighted by molar-refractivity contribution is -0.0511. The monoisotopic (exact) mass is 413 g/mol. The molecule has 2 unspecified atom stereocenters. The number of rotatable bonds is 3. The van der Waals surface area contributed by atoms with Crippen LogP contribution in [0, 0.1) is 5.92 Å². The van der Waals surface area contributed by atoms with Crippen molar-refractivity contribution in [3.63, 3.8) is 0 Å². The fraction of sp³-hybridized carbons (Fsp3) is 0.500. The van der Waals surface area contributed by atoms with Crippen LogP contribution in [0.4, 0.5) is 0 Å². The number of ether oxygens (including phenoxy) is 1. The van der Waals surface area contributed by atoms with Gasteiger partial charge in [-0.15, -0.1) is 0 Å². The molecule has 2 aliphatic rings. The van der Waals surface area contributed by atoms with Crippen LogP contribution in [0.15, 0.2) is 39.6 Å². The number of H-pyrrole nitrogens is 1. The van der Waals surface area contributed by atoms with E-state index in [4.69, 9.17) is 4.74 Å². The van der Waals surface area contributed by atoms with E-state index >= 15 is 0 Å². The standard InChI is InChI=1S/C15H13N3O4.C7H14O/c1-8-7-15(8,13-16-14(21)22-17-13)18-10-5-3-2-4-9(10)6-11(18)12(19)20;1-7(2)5-3-4-6-8-7/h2-6,8H,7H2,1H3,(H,19,20)(H,16,17,21);3-6H2,1-2H3. The minimum absolute atomic E-state index is 0.141. The van der Waals surface area contributed by atoms with Gasteiger partial charge in [0, 0.05) is 17.5 Å². The Bertz CT molecular complexity index is 1120. The number of fused-ring (bicyclic) bond motifs is 1. The molecule has 0 amide bonds. The summed E-state index contributed by atoms with van der Waals surface area (Å²) >= 11 is 0. The maximum Gasteiger partial charge on any atom is 0.438 e. The lowest BCUT2D eigenvalue weighted by Crippen LogP contribution is -2.28. The van der Waals surface area contributed by atoms with Gasteiger partial charge in [-0.1, -0.05) is 30.3 Å². The molecule has 1 aromatic carbocycles. The topological polar surface area (TPSA) is 110 Å². The van der Waals surface area contributed by atoms with E-state index in [0.717, 1.165) is 17.5 Å². The Labute approximate surface area is 173 Å². The zero-order valence-electron chi connectivity index (χ0n) is 17.5. The lowest BCUT2D eigenvalue weighted by Gasteiger charge is -2.29. The highest BCUT2D eigenvalue weighted by Crippen LogP contribution is 2.55. The molecule has 8 heteroatoms. The Morgan fingerprint density at radius 1 is 1.30 bits per heavy atom. The van der Waals surface area contributed by atoms with Crippen molar-refractivity contribution in [2.75, 3.05) is 6.61 Å². The van der Waals surface area contributed by atoms with Crippen molar-refractivity contribution in [2.24, 2.45) is 5.92 Å². The second-order valence-corrected chi connectivity index (χ2v) is 8.77. The number of nitrogens with one attached hydrogen (secondary N) is 1. The molecule has 1 aliphatic heterocycles. The third-order valence-electron chi connectivity index (χ3n) is 6.12. The molecular weight excluding hydrogens is 386 g/mol. The molecule has 8 nitrogen and oxygen atoms in total. The Kier molecular flexibility index (Phi) is 5.05. The molecular formula is C22H27N3O5. The number of hydrogen-bond acceptors (Lipinski definition) is 5. The number of nitrogens with zero attached hydrogens (tertiary/aromatic N) is 2. The molecule has 1 aliphatic carbocycles. The van der Waals surface area contributed by atoms with Gasteiger partial charge in [-0.3, -0.25) is 9.51 Å². The second-order valence-electron chi connectivity index (χ2n) is 8.77. The van der Waals surface area contributed by atoms with Crippen LogP contribution in [0.1, 0.15) is 62.8 Å². The average molecular weight is 413 g/mol. The summed E-state index contributed by atoms with van der Waals surface area (Å²) < 4.78 is 11.8. The summed E-state index contributed by atoms with van der Waals surface area (Å²) in [7, 11) is 0. The zero-order chi connectivity index (χ0) is 21.5. The van der Waals surface area contributed by atoms with E-state index in [1.54, 1.807) is 10.6 Å². The fourth-order valence-corrected chi connectivity index (χ4v) is 4.39. The average Bonchev–Trinajstić information content (AvgIpc) is 3.05. The molecule has 0 bridgehead atoms. The first-order valence-electron chi connectivity index (χ1n) is 10.3. The van der Waals surface area contributed by atoms with Gasteiger partial charge >= 0.3 is 11.7 Å². The number of carboxylic acids is 1. The summed E-state index contributed by atoms with van der Waals surface area (Å²) in [4.78, 5) is 25.6. The Morgan fingerprint density at radius 2 is 2.03 bits per heavy atom. The number of aromatic amines is 1. The predicted molar refractivity (Wildman–Crippen MR) is 111 cm³/mol. The molecule has 1 saturated heterocycles. The number of carboxylic acid groups (broad SMARTS) is 1. The predicted octanol–water partition coefficient (Wildman–Crippen LogP) is 3.76. The molecule has 2 fully saturated rings. The van der Waals surface area contributed by atoms with Crippen LogP contribution in [-0.4, -0.2) is 38.0 Å². The number of benzene rings is 1. The molecule has 30 heavy (non-hydrogen) atoms. The summed E-state index contributed by atoms with van der Waals surface area (Å²) in [5.74, 6) is -1.14. The van der Waals surface area contributed by atoms with Crippen LogP contribution in [0.5, 0.6) is 0 Å². The highest BCUT2D eigenvalue weighted by atomic mass is 16.5. The SMILES string of the molecule is CC1(C)CCCCO1.CC1CC1(c1noc(=O)[nH]1)n1c(C(=O)O)cc2ccccc21. The van der Waals surface area contributed by atoms with Gasteiger partial charge in [-0.05, 0) is 57.6 Å². The molecule has 2 aromatic heterocycles. The quantitative estimate of drug-likeness (QED) is 0.676. The Balaban J connectivity index is 0.000000230. The maximum atomic E-state index is 11.7. The highest BCUT2D eigenvalue weighted by Gasteiger charge is 2.59. The molecule has 3 aromatic rings. The van der Waals surface area contributed by atoms with Crippen LogP contribution < -0.4 is 5.76 Å². The zero-order valence-corrected chi connectivity index (χ0v) is 17.5. The number of para-hydroxylation sites is 1. The summed E-state index contributed by atoms with van der Waals surface area (Å²) in [6.07, 6.45) is 4.51. The first-order valence-corrected chi connectivity index (χ1v) is 10.3. The van der Waals surface area contributed by atoms with Crippen molar-refractivity contribution in [1.82, 2.24) is 14.7 Å². The van der Waals surface area contributed by atoms with E-state index < -0.39 is 17.3 Å². The number of aromatic nitrogens is 3. The van der Waals surface area contributed by atoms with Crippen LogP contribution in [0.3, 0.4) is 0 Å². The highest BCUT2D eigenvalue weighted by molar-refractivity contribution is 5.95. The van der Waals surface area contributed by atoms with Crippen molar-refractivity contribution in [1.29, 1.82) is 0 Å². The third-order valence-corrected chi connectivity index (χ3v) is 6.12. The summed E-state index contributed by atoms with van der Waals surface area (Å²) in [5, 5.41) is 14.2. The second kappa shape index (κ2) is 7.43.